The molecular formula is C20H20ClFN2O4. The summed E-state index contributed by atoms with van der Waals surface area (Å²) in [5.41, 5.74) is 0.236. The van der Waals surface area contributed by atoms with Crippen LogP contribution in [0.2, 0.25) is 5.02 Å². The summed E-state index contributed by atoms with van der Waals surface area (Å²) in [6.45, 7) is 3.78. The summed E-state index contributed by atoms with van der Waals surface area (Å²) in [5.74, 6) is -2.55. The van der Waals surface area contributed by atoms with E-state index in [2.05, 4.69) is 10.6 Å². The van der Waals surface area contributed by atoms with Gasteiger partial charge in [-0.3, -0.25) is 9.59 Å². The normalized spacial score (nSPS) is 10.5. The fourth-order valence-electron chi connectivity index (χ4n) is 2.23. The lowest BCUT2D eigenvalue weighted by atomic mass is 10.1. The molecule has 0 bridgehead atoms. The smallest absolute Gasteiger partial charge is 0.341 e. The van der Waals surface area contributed by atoms with Crippen molar-refractivity contribution >= 4 is 35.1 Å². The maximum atomic E-state index is 13.7. The highest BCUT2D eigenvalue weighted by Crippen LogP contribution is 2.17. The Kier molecular flexibility index (Phi) is 7.52. The molecule has 0 aliphatic carbocycles. The van der Waals surface area contributed by atoms with Crippen molar-refractivity contribution in [1.29, 1.82) is 0 Å². The van der Waals surface area contributed by atoms with E-state index in [9.17, 15) is 18.8 Å². The summed E-state index contributed by atoms with van der Waals surface area (Å²) in [6.07, 6.45) is 0. The number of ether oxygens (including phenoxy) is 1. The summed E-state index contributed by atoms with van der Waals surface area (Å²) >= 11 is 5.63. The summed E-state index contributed by atoms with van der Waals surface area (Å²) < 4.78 is 18.5. The molecule has 0 aliphatic heterocycles. The fourth-order valence-corrected chi connectivity index (χ4v) is 2.39. The van der Waals surface area contributed by atoms with E-state index in [1.54, 1.807) is 24.3 Å². The van der Waals surface area contributed by atoms with Crippen molar-refractivity contribution in [2.75, 3.05) is 18.5 Å². The molecule has 2 aromatic rings. The van der Waals surface area contributed by atoms with Crippen molar-refractivity contribution in [2.24, 2.45) is 5.92 Å². The largest absolute Gasteiger partial charge is 0.452 e. The predicted molar refractivity (Wildman–Crippen MR) is 104 cm³/mol. The standard InChI is InChI=1S/C20H20ClFN2O4/c1-12(2)10-23-19(26)15-5-3-4-6-17(15)24-18(25)11-28-20(27)14-8-7-13(21)9-16(14)22/h3-9,12H,10-11H2,1-2H3,(H,23,26)(H,24,25). The molecule has 2 amide bonds. The third-order valence-electron chi connectivity index (χ3n) is 3.60. The van der Waals surface area contributed by atoms with Gasteiger partial charge in [-0.05, 0) is 36.2 Å². The molecule has 148 valence electrons. The highest BCUT2D eigenvalue weighted by Gasteiger charge is 2.17. The first-order valence-electron chi connectivity index (χ1n) is 8.57. The number of rotatable bonds is 7. The van der Waals surface area contributed by atoms with Crippen molar-refractivity contribution < 1.29 is 23.5 Å². The molecule has 8 heteroatoms. The number of hydrogen-bond donors (Lipinski definition) is 2. The monoisotopic (exact) mass is 406 g/mol. The lowest BCUT2D eigenvalue weighted by molar-refractivity contribution is -0.119. The van der Waals surface area contributed by atoms with Gasteiger partial charge in [0.25, 0.3) is 11.8 Å². The molecule has 6 nitrogen and oxygen atoms in total. The van der Waals surface area contributed by atoms with Crippen LogP contribution in [0.15, 0.2) is 42.5 Å². The van der Waals surface area contributed by atoms with Gasteiger partial charge < -0.3 is 15.4 Å². The van der Waals surface area contributed by atoms with E-state index in [-0.39, 0.29) is 33.7 Å². The first-order valence-corrected chi connectivity index (χ1v) is 8.95. The van der Waals surface area contributed by atoms with Gasteiger partial charge in [-0.15, -0.1) is 0 Å². The number of benzene rings is 2. The maximum Gasteiger partial charge on any atom is 0.341 e. The van der Waals surface area contributed by atoms with Crippen molar-refractivity contribution in [3.63, 3.8) is 0 Å². The molecule has 0 aliphatic rings. The number of anilines is 1. The van der Waals surface area contributed by atoms with E-state index in [0.29, 0.717) is 6.54 Å². The third-order valence-corrected chi connectivity index (χ3v) is 3.84. The van der Waals surface area contributed by atoms with Gasteiger partial charge in [0, 0.05) is 11.6 Å². The average Bonchev–Trinajstić information content (AvgIpc) is 2.64. The van der Waals surface area contributed by atoms with Gasteiger partial charge in [-0.2, -0.15) is 0 Å². The lowest BCUT2D eigenvalue weighted by Crippen LogP contribution is -2.29. The first kappa shape index (κ1) is 21.4. The summed E-state index contributed by atoms with van der Waals surface area (Å²) in [5, 5.41) is 5.42. The number of nitrogens with one attached hydrogen (secondary N) is 2. The Labute approximate surface area is 167 Å². The highest BCUT2D eigenvalue weighted by molar-refractivity contribution is 6.30. The Hall–Kier alpha value is -2.93. The Morgan fingerprint density at radius 3 is 2.50 bits per heavy atom. The van der Waals surface area contributed by atoms with Crippen LogP contribution in [0.4, 0.5) is 10.1 Å². The van der Waals surface area contributed by atoms with E-state index >= 15 is 0 Å². The van der Waals surface area contributed by atoms with E-state index in [0.717, 1.165) is 6.07 Å². The third kappa shape index (κ3) is 6.06. The summed E-state index contributed by atoms with van der Waals surface area (Å²) in [4.78, 5) is 36.3. The van der Waals surface area contributed by atoms with Crippen LogP contribution >= 0.6 is 11.6 Å². The number of carbonyl (C=O) groups excluding carboxylic acids is 3. The Morgan fingerprint density at radius 2 is 1.82 bits per heavy atom. The fraction of sp³-hybridized carbons (Fsp3) is 0.250. The van der Waals surface area contributed by atoms with Gasteiger partial charge in [-0.1, -0.05) is 37.6 Å². The second-order valence-electron chi connectivity index (χ2n) is 6.40. The average molecular weight is 407 g/mol. The van der Waals surface area contributed by atoms with Crippen molar-refractivity contribution in [3.8, 4) is 0 Å². The number of carbonyl (C=O) groups is 3. The van der Waals surface area contributed by atoms with Crippen molar-refractivity contribution in [3.05, 3.63) is 64.4 Å². The van der Waals surface area contributed by atoms with Crippen LogP contribution in [0.3, 0.4) is 0 Å². The number of para-hydroxylation sites is 1. The van der Waals surface area contributed by atoms with E-state index in [1.165, 1.54) is 12.1 Å². The molecule has 0 saturated carbocycles. The van der Waals surface area contributed by atoms with Crippen LogP contribution in [0, 0.1) is 11.7 Å². The van der Waals surface area contributed by atoms with Gasteiger partial charge in [-0.25, -0.2) is 9.18 Å². The number of amides is 2. The number of esters is 1. The van der Waals surface area contributed by atoms with Crippen molar-refractivity contribution in [2.45, 2.75) is 13.8 Å². The second-order valence-corrected chi connectivity index (χ2v) is 6.83. The zero-order chi connectivity index (χ0) is 20.7. The van der Waals surface area contributed by atoms with Gasteiger partial charge in [0.15, 0.2) is 6.61 Å². The molecule has 28 heavy (non-hydrogen) atoms. The molecule has 0 saturated heterocycles. The quantitative estimate of drug-likeness (QED) is 0.687. The van der Waals surface area contributed by atoms with Crippen LogP contribution in [0.25, 0.3) is 0 Å². The molecule has 0 fully saturated rings. The minimum absolute atomic E-state index is 0.138. The van der Waals surface area contributed by atoms with Gasteiger partial charge in [0.05, 0.1) is 16.8 Å². The van der Waals surface area contributed by atoms with Crippen LogP contribution in [-0.4, -0.2) is 30.9 Å². The van der Waals surface area contributed by atoms with Crippen LogP contribution in [0.1, 0.15) is 34.6 Å². The van der Waals surface area contributed by atoms with E-state index < -0.39 is 24.3 Å². The van der Waals surface area contributed by atoms with Crippen LogP contribution in [0.5, 0.6) is 0 Å². The Balaban J connectivity index is 1.98. The highest BCUT2D eigenvalue weighted by atomic mass is 35.5. The van der Waals surface area contributed by atoms with E-state index in [1.807, 2.05) is 13.8 Å². The minimum Gasteiger partial charge on any atom is -0.452 e. The Morgan fingerprint density at radius 1 is 1.11 bits per heavy atom. The summed E-state index contributed by atoms with van der Waals surface area (Å²) in [7, 11) is 0. The van der Waals surface area contributed by atoms with E-state index in [4.69, 9.17) is 16.3 Å². The number of halogens is 2. The maximum absolute atomic E-state index is 13.7. The van der Waals surface area contributed by atoms with Gasteiger partial charge in [0.1, 0.15) is 5.82 Å². The topological polar surface area (TPSA) is 84.5 Å². The Bertz CT molecular complexity index is 886. The van der Waals surface area contributed by atoms with Crippen molar-refractivity contribution in [1.82, 2.24) is 5.32 Å². The molecule has 0 aromatic heterocycles. The van der Waals surface area contributed by atoms with Crippen LogP contribution < -0.4 is 10.6 Å². The zero-order valence-corrected chi connectivity index (χ0v) is 16.2. The first-order chi connectivity index (χ1) is 13.3. The SMILES string of the molecule is CC(C)CNC(=O)c1ccccc1NC(=O)COC(=O)c1ccc(Cl)cc1F. The molecule has 0 atom stereocenters. The molecule has 0 spiro atoms. The lowest BCUT2D eigenvalue weighted by Gasteiger charge is -2.12. The summed E-state index contributed by atoms with van der Waals surface area (Å²) in [6, 6.07) is 9.94. The zero-order valence-electron chi connectivity index (χ0n) is 15.4. The predicted octanol–water partition coefficient (Wildman–Crippen LogP) is 3.66. The molecule has 2 aromatic carbocycles. The molecule has 2 N–H and O–H groups in total. The molecule has 0 heterocycles. The van der Waals surface area contributed by atoms with Crippen LogP contribution in [-0.2, 0) is 9.53 Å². The molecule has 0 unspecified atom stereocenters. The van der Waals surface area contributed by atoms with Gasteiger partial charge >= 0.3 is 5.97 Å². The second kappa shape index (κ2) is 9.85. The minimum atomic E-state index is -0.993. The number of hydrogen-bond acceptors (Lipinski definition) is 4. The van der Waals surface area contributed by atoms with Gasteiger partial charge in [0.2, 0.25) is 0 Å². The molecule has 0 radical (unpaired) electrons. The molecular weight excluding hydrogens is 387 g/mol. The molecule has 2 rings (SSSR count).